The molecular weight excluding hydrogens is 482 g/mol. The van der Waals surface area contributed by atoms with Crippen molar-refractivity contribution in [2.45, 2.75) is 71.6 Å². The molecule has 7 heteroatoms. The van der Waals surface area contributed by atoms with Crippen molar-refractivity contribution in [3.05, 3.63) is 48.5 Å². The Bertz CT molecular complexity index is 272. The predicted molar refractivity (Wildman–Crippen MR) is 167 cm³/mol. The molecule has 0 spiro atoms. The van der Waals surface area contributed by atoms with Crippen molar-refractivity contribution in [1.29, 1.82) is 0 Å². The molecule has 233 valence electrons. The average molecular weight is 551 g/mol. The SMILES string of the molecule is [CH2]CC(=O)OC.[CH2]CCCCC.[CH2]CCCOC.[CH2]CCN(C)C.[CH2]CCOC.[CH2]COC.[CH2]COCC. The van der Waals surface area contributed by atoms with Gasteiger partial charge in [-0.25, -0.2) is 0 Å². The molecule has 0 rings (SSSR count). The minimum atomic E-state index is -0.269. The maximum absolute atomic E-state index is 9.90. The van der Waals surface area contributed by atoms with Crippen LogP contribution >= 0.6 is 0 Å². The van der Waals surface area contributed by atoms with Crippen LogP contribution in [0.3, 0.4) is 0 Å². The Morgan fingerprint density at radius 2 is 1.16 bits per heavy atom. The van der Waals surface area contributed by atoms with Gasteiger partial charge < -0.3 is 28.6 Å². The van der Waals surface area contributed by atoms with Crippen LogP contribution in [0.15, 0.2) is 0 Å². The Hall–Kier alpha value is -0.730. The van der Waals surface area contributed by atoms with Crippen molar-refractivity contribution in [1.82, 2.24) is 4.90 Å². The fourth-order valence-corrected chi connectivity index (χ4v) is 1.38. The first-order valence-electron chi connectivity index (χ1n) is 13.5. The average Bonchev–Trinajstić information content (AvgIpc) is 2.93. The summed E-state index contributed by atoms with van der Waals surface area (Å²) in [5.41, 5.74) is 0. The second-order valence-electron chi connectivity index (χ2n) is 7.28. The number of nitrogens with zero attached hydrogens (tertiary/aromatic N) is 1. The lowest BCUT2D eigenvalue weighted by Crippen LogP contribution is -2.11. The monoisotopic (exact) mass is 551 g/mol. The standard InChI is InChI=1S/C6H13.C5H12N.C5H11O.C4H7O2.2C4H9O.C3H7O/c1-3-5-6-4-2;1-4-5-6(2)3;1-3-4-5-6-2;1-3-4(5)6-2;1-3-4-5-2;1-3-5-4-2;1-3-4-2/h1,3-6H2,2H3;1,4-5H2,2-3H3;1,3-5H2,2H3;1,3H2,2H3;2*1,3-4H2,2H3;1,3H2,2H3. The third-order valence-electron chi connectivity index (χ3n) is 3.39. The number of carbonyl (C=O) groups is 1. The molecule has 0 bridgehead atoms. The Morgan fingerprint density at radius 1 is 0.658 bits per heavy atom. The smallest absolute Gasteiger partial charge is 0.305 e. The number of unbranched alkanes of at least 4 members (excludes halogenated alkanes) is 4. The Labute approximate surface area is 241 Å². The van der Waals surface area contributed by atoms with Crippen LogP contribution in [0.2, 0.25) is 0 Å². The number of hydrogen-bond acceptors (Lipinski definition) is 7. The summed E-state index contributed by atoms with van der Waals surface area (Å²) in [7, 11) is 10.4. The van der Waals surface area contributed by atoms with Gasteiger partial charge in [-0.2, -0.15) is 0 Å². The molecule has 0 saturated carbocycles. The molecule has 0 aliphatic carbocycles. The van der Waals surface area contributed by atoms with E-state index < -0.39 is 0 Å². The summed E-state index contributed by atoms with van der Waals surface area (Å²) in [6, 6.07) is 0. The summed E-state index contributed by atoms with van der Waals surface area (Å²) in [4.78, 5) is 12.0. The molecule has 0 amide bonds. The molecule has 0 aromatic heterocycles. The van der Waals surface area contributed by atoms with Gasteiger partial charge in [0.05, 0.1) is 7.11 Å². The lowest BCUT2D eigenvalue weighted by molar-refractivity contribution is -0.139. The fraction of sp³-hybridized carbons (Fsp3) is 0.742. The van der Waals surface area contributed by atoms with Gasteiger partial charge in [-0.3, -0.25) is 4.79 Å². The largest absolute Gasteiger partial charge is 0.469 e. The summed E-state index contributed by atoms with van der Waals surface area (Å²) in [5, 5.41) is 0. The van der Waals surface area contributed by atoms with Crippen LogP contribution in [-0.2, 0) is 28.5 Å². The number of esters is 1. The van der Waals surface area contributed by atoms with E-state index in [-0.39, 0.29) is 12.4 Å². The van der Waals surface area contributed by atoms with Crippen molar-refractivity contribution in [2.24, 2.45) is 0 Å². The highest BCUT2D eigenvalue weighted by atomic mass is 16.5. The van der Waals surface area contributed by atoms with Gasteiger partial charge in [0.15, 0.2) is 0 Å². The van der Waals surface area contributed by atoms with Crippen LogP contribution in [0.25, 0.3) is 0 Å². The second-order valence-corrected chi connectivity index (χ2v) is 7.28. The molecule has 38 heavy (non-hydrogen) atoms. The zero-order chi connectivity index (χ0) is 31.3. The van der Waals surface area contributed by atoms with Gasteiger partial charge in [0.25, 0.3) is 0 Å². The number of rotatable bonds is 14. The van der Waals surface area contributed by atoms with E-state index in [0.29, 0.717) is 13.2 Å². The van der Waals surface area contributed by atoms with E-state index in [2.05, 4.69) is 74.5 Å². The quantitative estimate of drug-likeness (QED) is 0.171. The third-order valence-corrected chi connectivity index (χ3v) is 3.39. The highest BCUT2D eigenvalue weighted by molar-refractivity contribution is 5.69. The van der Waals surface area contributed by atoms with Crippen LogP contribution in [0.4, 0.5) is 0 Å². The third kappa shape index (κ3) is 139. The van der Waals surface area contributed by atoms with E-state index >= 15 is 0 Å². The molecule has 0 atom stereocenters. The van der Waals surface area contributed by atoms with Gasteiger partial charge in [-0.15, -0.1) is 0 Å². The Morgan fingerprint density at radius 3 is 1.21 bits per heavy atom. The predicted octanol–water partition coefficient (Wildman–Crippen LogP) is 6.98. The number of hydrogen-bond donors (Lipinski definition) is 0. The Kier molecular flexibility index (Phi) is 99.5. The van der Waals surface area contributed by atoms with Gasteiger partial charge in [-0.1, -0.05) is 66.7 Å². The van der Waals surface area contributed by atoms with Crippen molar-refractivity contribution >= 4 is 5.97 Å². The number of methoxy groups -OCH3 is 4. The minimum absolute atomic E-state index is 0.219. The van der Waals surface area contributed by atoms with E-state index in [4.69, 9.17) is 9.47 Å². The van der Waals surface area contributed by atoms with Gasteiger partial charge >= 0.3 is 5.97 Å². The molecule has 0 fully saturated rings. The van der Waals surface area contributed by atoms with Crippen LogP contribution in [0, 0.1) is 48.5 Å². The lowest BCUT2D eigenvalue weighted by atomic mass is 10.2. The van der Waals surface area contributed by atoms with E-state index in [1.54, 1.807) is 21.3 Å². The van der Waals surface area contributed by atoms with E-state index in [1.165, 1.54) is 26.4 Å². The molecular formula is C31H68NO6. The summed E-state index contributed by atoms with van der Waals surface area (Å²) in [6.45, 7) is 33.5. The van der Waals surface area contributed by atoms with Crippen molar-refractivity contribution < 1.29 is 28.5 Å². The molecule has 0 unspecified atom stereocenters. The normalized spacial score (nSPS) is 8.63. The maximum atomic E-state index is 9.90. The highest BCUT2D eigenvalue weighted by Gasteiger charge is 1.87. The van der Waals surface area contributed by atoms with Crippen molar-refractivity contribution in [3.63, 3.8) is 0 Å². The summed E-state index contributed by atoms with van der Waals surface area (Å²) >= 11 is 0. The fourth-order valence-electron chi connectivity index (χ4n) is 1.38. The summed E-state index contributed by atoms with van der Waals surface area (Å²) in [5.74, 6) is -0.269. The molecule has 7 radical (unpaired) electrons. The highest BCUT2D eigenvalue weighted by Crippen LogP contribution is 1.95. The van der Waals surface area contributed by atoms with Crippen LogP contribution < -0.4 is 0 Å². The van der Waals surface area contributed by atoms with Gasteiger partial charge in [0.2, 0.25) is 0 Å². The van der Waals surface area contributed by atoms with Crippen molar-refractivity contribution in [2.75, 3.05) is 82.1 Å². The van der Waals surface area contributed by atoms with Crippen LogP contribution in [-0.4, -0.2) is 93.0 Å². The molecule has 0 aliphatic rings. The molecule has 0 aromatic rings. The zero-order valence-electron chi connectivity index (χ0n) is 27.0. The van der Waals surface area contributed by atoms with E-state index in [1.807, 2.05) is 21.0 Å². The first-order chi connectivity index (χ1) is 18.1. The zero-order valence-corrected chi connectivity index (χ0v) is 27.0. The first-order valence-corrected chi connectivity index (χ1v) is 13.5. The first kappa shape index (κ1) is 53.5. The van der Waals surface area contributed by atoms with Crippen molar-refractivity contribution in [3.8, 4) is 0 Å². The van der Waals surface area contributed by atoms with E-state index in [0.717, 1.165) is 58.5 Å². The molecule has 0 N–H and O–H groups in total. The van der Waals surface area contributed by atoms with Gasteiger partial charge in [0.1, 0.15) is 0 Å². The molecule has 0 heterocycles. The Balaban J connectivity index is -0.0000000593. The van der Waals surface area contributed by atoms with Crippen LogP contribution in [0.1, 0.15) is 71.6 Å². The molecule has 0 aliphatic heterocycles. The summed E-state index contributed by atoms with van der Waals surface area (Å²) in [6.07, 6.45) is 9.23. The van der Waals surface area contributed by atoms with Gasteiger partial charge in [0, 0.05) is 60.8 Å². The van der Waals surface area contributed by atoms with E-state index in [9.17, 15) is 4.79 Å². The number of carbonyl (C=O) groups excluding carboxylic acids is 1. The minimum Gasteiger partial charge on any atom is -0.469 e. The second kappa shape index (κ2) is 70.7. The molecule has 7 nitrogen and oxygen atoms in total. The summed E-state index contributed by atoms with van der Waals surface area (Å²) < 4.78 is 22.7. The lowest BCUT2D eigenvalue weighted by Gasteiger charge is -2.03. The topological polar surface area (TPSA) is 66.5 Å². The maximum Gasteiger partial charge on any atom is 0.305 e. The van der Waals surface area contributed by atoms with Gasteiger partial charge in [-0.05, 0) is 67.6 Å². The number of ether oxygens (including phenoxy) is 5. The van der Waals surface area contributed by atoms with Crippen LogP contribution in [0.5, 0.6) is 0 Å². The molecule has 0 aromatic carbocycles. The molecule has 0 saturated heterocycles.